The van der Waals surface area contributed by atoms with Crippen molar-refractivity contribution in [2.75, 3.05) is 76.4 Å². The fraction of sp³-hybridized carbons (Fsp3) is 0.375. The molecule has 2 radical (unpaired) electrons. The van der Waals surface area contributed by atoms with Crippen LogP contribution < -0.4 is 19.3 Å². The zero-order valence-corrected chi connectivity index (χ0v) is 28.7. The minimum absolute atomic E-state index is 0.0924. The van der Waals surface area contributed by atoms with Crippen LogP contribution >= 0.6 is 24.4 Å². The van der Waals surface area contributed by atoms with Crippen LogP contribution in [0.5, 0.6) is 11.5 Å². The average molecular weight is 674 g/mol. The minimum Gasteiger partial charge on any atom is -0.541 e. The lowest BCUT2D eigenvalue weighted by atomic mass is 10.1. The van der Waals surface area contributed by atoms with Crippen molar-refractivity contribution < 1.29 is 19.1 Å². The molecule has 0 aliphatic carbocycles. The number of anilines is 2. The van der Waals surface area contributed by atoms with Crippen molar-refractivity contribution in [2.24, 2.45) is 14.1 Å². The Labute approximate surface area is 285 Å². The van der Waals surface area contributed by atoms with Crippen LogP contribution in [0.3, 0.4) is 0 Å². The summed E-state index contributed by atoms with van der Waals surface area (Å²) < 4.78 is 18.7. The molecule has 0 atom stereocenters. The summed E-state index contributed by atoms with van der Waals surface area (Å²) in [6, 6.07) is 15.8. The SMILES string of the molecule is COc1ccccc1N1CCN(C(=O)c2cn([B-]n3cc(C(=O)N4CCN(c5ccccc5OC)CC4)n(C)c3=S)c(=S)n2C)CC1. The lowest BCUT2D eigenvalue weighted by Crippen LogP contribution is -2.49. The van der Waals surface area contributed by atoms with Crippen LogP contribution in [0.4, 0.5) is 11.4 Å². The molecule has 4 heterocycles. The molecule has 2 aliphatic rings. The molecule has 0 N–H and O–H groups in total. The number of benzene rings is 2. The van der Waals surface area contributed by atoms with Gasteiger partial charge >= 0.3 is 0 Å². The number of carbonyl (C=O) groups is 2. The van der Waals surface area contributed by atoms with E-state index in [1.807, 2.05) is 58.3 Å². The number of methoxy groups -OCH3 is 2. The second kappa shape index (κ2) is 13.7. The highest BCUT2D eigenvalue weighted by Gasteiger charge is 2.27. The van der Waals surface area contributed by atoms with Crippen molar-refractivity contribution in [3.63, 3.8) is 0 Å². The van der Waals surface area contributed by atoms with Crippen LogP contribution in [0, 0.1) is 9.54 Å². The molecule has 0 saturated carbocycles. The van der Waals surface area contributed by atoms with Gasteiger partial charge in [-0.2, -0.15) is 0 Å². The Kier molecular flexibility index (Phi) is 9.46. The molecular weight excluding hydrogens is 635 g/mol. The Bertz CT molecular complexity index is 1770. The third kappa shape index (κ3) is 6.29. The predicted molar refractivity (Wildman–Crippen MR) is 187 cm³/mol. The molecule has 2 fully saturated rings. The molecule has 2 aromatic heterocycles. The van der Waals surface area contributed by atoms with Crippen molar-refractivity contribution in [3.8, 4) is 11.5 Å². The normalized spacial score (nSPS) is 15.2. The number of amides is 2. The summed E-state index contributed by atoms with van der Waals surface area (Å²) in [6.45, 7) is 5.04. The van der Waals surface area contributed by atoms with Crippen molar-refractivity contribution in [1.29, 1.82) is 0 Å². The molecule has 12 nitrogen and oxygen atoms in total. The number of hydrogen-bond donors (Lipinski definition) is 0. The van der Waals surface area contributed by atoms with E-state index >= 15 is 0 Å². The van der Waals surface area contributed by atoms with E-state index in [0.29, 0.717) is 73.3 Å². The van der Waals surface area contributed by atoms with Crippen molar-refractivity contribution >= 4 is 55.2 Å². The topological polar surface area (TPSA) is 85.3 Å². The maximum absolute atomic E-state index is 13.6. The quantitative estimate of drug-likeness (QED) is 0.208. The van der Waals surface area contributed by atoms with Crippen molar-refractivity contribution in [1.82, 2.24) is 27.9 Å². The fourth-order valence-corrected chi connectivity index (χ4v) is 6.60. The van der Waals surface area contributed by atoms with E-state index in [-0.39, 0.29) is 11.8 Å². The molecule has 4 aromatic rings. The largest absolute Gasteiger partial charge is 0.541 e. The molecule has 47 heavy (non-hydrogen) atoms. The number of ether oxygens (including phenoxy) is 2. The van der Waals surface area contributed by atoms with E-state index in [9.17, 15) is 9.59 Å². The predicted octanol–water partition coefficient (Wildman–Crippen LogP) is 3.30. The standard InChI is InChI=1S/C32H38BN8O4S2/c1-34-25(29(42)38-17-13-36(14-18-38)23-9-5-7-11-27(23)44-3)21-40(31(34)46)33-41-22-26(35(2)32(41)47)30(43)39-19-15-37(16-20-39)24-10-6-8-12-28(24)45-4/h5-12,21-22H,13-20H2,1-4H3/q-1. The molecule has 15 heteroatoms. The highest BCUT2D eigenvalue weighted by Crippen LogP contribution is 2.30. The summed E-state index contributed by atoms with van der Waals surface area (Å²) in [6.07, 6.45) is 3.45. The molecule has 0 spiro atoms. The number of hydrogen-bond acceptors (Lipinski definition) is 8. The van der Waals surface area contributed by atoms with Gasteiger partial charge in [-0.1, -0.05) is 31.8 Å². The van der Waals surface area contributed by atoms with Gasteiger partial charge in [-0.3, -0.25) is 9.59 Å². The van der Waals surface area contributed by atoms with Gasteiger partial charge in [0.25, 0.3) is 11.8 Å². The van der Waals surface area contributed by atoms with Gasteiger partial charge in [0.05, 0.1) is 25.6 Å². The van der Waals surface area contributed by atoms with Gasteiger partial charge in [0, 0.05) is 66.5 Å². The Morgan fingerprint density at radius 3 is 1.34 bits per heavy atom. The van der Waals surface area contributed by atoms with Crippen LogP contribution in [-0.2, 0) is 14.1 Å². The van der Waals surface area contributed by atoms with E-state index in [0.717, 1.165) is 22.9 Å². The zero-order valence-electron chi connectivity index (χ0n) is 27.0. The molecule has 0 bridgehead atoms. The first kappa shape index (κ1) is 32.4. The summed E-state index contributed by atoms with van der Waals surface area (Å²) in [5, 5.41) is 0. The monoisotopic (exact) mass is 673 g/mol. The molecule has 2 aromatic carbocycles. The molecule has 2 amide bonds. The van der Waals surface area contributed by atoms with Crippen LogP contribution in [0.1, 0.15) is 21.0 Å². The zero-order chi connectivity index (χ0) is 33.2. The van der Waals surface area contributed by atoms with Crippen LogP contribution in [0.15, 0.2) is 60.9 Å². The molecule has 2 saturated heterocycles. The van der Waals surface area contributed by atoms with E-state index in [4.69, 9.17) is 33.9 Å². The third-order valence-electron chi connectivity index (χ3n) is 8.93. The maximum atomic E-state index is 13.6. The number of nitrogens with zero attached hydrogens (tertiary/aromatic N) is 8. The summed E-state index contributed by atoms with van der Waals surface area (Å²) >= 11 is 11.4. The van der Waals surface area contributed by atoms with Crippen molar-refractivity contribution in [2.45, 2.75) is 0 Å². The van der Waals surface area contributed by atoms with Gasteiger partial charge in [0.2, 0.25) is 0 Å². The fourth-order valence-electron chi connectivity index (χ4n) is 6.20. The number of para-hydroxylation sites is 4. The molecule has 6 rings (SSSR count). The van der Waals surface area contributed by atoms with Crippen molar-refractivity contribution in [3.05, 3.63) is 81.9 Å². The van der Waals surface area contributed by atoms with Crippen LogP contribution in [0.2, 0.25) is 0 Å². The number of aromatic nitrogens is 4. The van der Waals surface area contributed by atoms with Crippen LogP contribution in [0.25, 0.3) is 0 Å². The second-order valence-electron chi connectivity index (χ2n) is 11.5. The highest BCUT2D eigenvalue weighted by atomic mass is 32.1. The molecule has 0 unspecified atom stereocenters. The first-order valence-corrected chi connectivity index (χ1v) is 16.3. The average Bonchev–Trinajstić information content (AvgIpc) is 3.56. The van der Waals surface area contributed by atoms with E-state index < -0.39 is 0 Å². The van der Waals surface area contributed by atoms with E-state index in [2.05, 4.69) is 9.80 Å². The Morgan fingerprint density at radius 2 is 0.979 bits per heavy atom. The van der Waals surface area contributed by atoms with Gasteiger partial charge in [0.1, 0.15) is 32.4 Å². The third-order valence-corrected chi connectivity index (χ3v) is 9.90. The first-order chi connectivity index (χ1) is 22.7. The van der Waals surface area contributed by atoms with Gasteiger partial charge < -0.3 is 47.2 Å². The Balaban J connectivity index is 1.12. The maximum Gasteiger partial charge on any atom is 0.272 e. The number of piperazine rings is 2. The lowest BCUT2D eigenvalue weighted by molar-refractivity contribution is 0.0729. The number of imidazole rings is 2. The number of rotatable bonds is 8. The first-order valence-electron chi connectivity index (χ1n) is 15.5. The molecule has 246 valence electrons. The van der Waals surface area contributed by atoms with Crippen LogP contribution in [-0.4, -0.2) is 114 Å². The summed E-state index contributed by atoms with van der Waals surface area (Å²) in [7, 11) is 8.63. The van der Waals surface area contributed by atoms with Gasteiger partial charge in [-0.25, -0.2) is 0 Å². The summed E-state index contributed by atoms with van der Waals surface area (Å²) in [4.78, 5) is 35.4. The Morgan fingerprint density at radius 1 is 0.617 bits per heavy atom. The number of carbonyl (C=O) groups excluding carboxylic acids is 2. The highest BCUT2D eigenvalue weighted by molar-refractivity contribution is 7.71. The van der Waals surface area contributed by atoms with E-state index in [1.165, 1.54) is 0 Å². The van der Waals surface area contributed by atoms with Gasteiger partial charge in [-0.15, -0.1) is 0 Å². The van der Waals surface area contributed by atoms with Gasteiger partial charge in [-0.05, 0) is 61.1 Å². The smallest absolute Gasteiger partial charge is 0.272 e. The van der Waals surface area contributed by atoms with Gasteiger partial charge in [0.15, 0.2) is 0 Å². The summed E-state index contributed by atoms with van der Waals surface area (Å²) in [5.74, 6) is 1.45. The minimum atomic E-state index is -0.0924. The summed E-state index contributed by atoms with van der Waals surface area (Å²) in [5.41, 5.74) is 3.00. The Hall–Kier alpha value is -4.50. The molecule has 2 aliphatic heterocycles. The lowest BCUT2D eigenvalue weighted by Gasteiger charge is -2.36. The van der Waals surface area contributed by atoms with E-state index in [1.54, 1.807) is 66.3 Å². The second-order valence-corrected chi connectivity index (χ2v) is 12.3. The molecular formula is C32H38BN8O4S2-.